The normalized spacial score (nSPS) is 13.7. The van der Waals surface area contributed by atoms with Gasteiger partial charge in [0.05, 0.1) is 0 Å². The highest BCUT2D eigenvalue weighted by Gasteiger charge is 2.20. The SMILES string of the molecule is Cc1ccnc(NC(=O)c2ncnc3c2CCCC3)c1. The predicted octanol–water partition coefficient (Wildman–Crippen LogP) is 2.31. The molecule has 0 unspecified atom stereocenters. The van der Waals surface area contributed by atoms with Gasteiger partial charge in [0.25, 0.3) is 5.91 Å². The summed E-state index contributed by atoms with van der Waals surface area (Å²) >= 11 is 0. The first-order chi connectivity index (χ1) is 9.74. The number of aryl methyl sites for hydroxylation is 2. The highest BCUT2D eigenvalue weighted by atomic mass is 16.1. The summed E-state index contributed by atoms with van der Waals surface area (Å²) in [5, 5.41) is 2.81. The Labute approximate surface area is 117 Å². The van der Waals surface area contributed by atoms with Gasteiger partial charge in [-0.1, -0.05) is 0 Å². The van der Waals surface area contributed by atoms with Gasteiger partial charge in [0, 0.05) is 17.5 Å². The smallest absolute Gasteiger partial charge is 0.275 e. The van der Waals surface area contributed by atoms with E-state index in [9.17, 15) is 4.79 Å². The van der Waals surface area contributed by atoms with Crippen molar-refractivity contribution in [2.75, 3.05) is 5.32 Å². The van der Waals surface area contributed by atoms with E-state index in [1.165, 1.54) is 6.33 Å². The van der Waals surface area contributed by atoms with Crippen LogP contribution in [0.5, 0.6) is 0 Å². The van der Waals surface area contributed by atoms with Crippen molar-refractivity contribution in [3.63, 3.8) is 0 Å². The second kappa shape index (κ2) is 5.36. The van der Waals surface area contributed by atoms with E-state index in [2.05, 4.69) is 20.3 Å². The first kappa shape index (κ1) is 12.7. The molecule has 5 heteroatoms. The maximum absolute atomic E-state index is 12.4. The van der Waals surface area contributed by atoms with Crippen LogP contribution in [0.15, 0.2) is 24.7 Å². The fourth-order valence-electron chi connectivity index (χ4n) is 2.50. The minimum atomic E-state index is -0.205. The van der Waals surface area contributed by atoms with E-state index in [0.717, 1.165) is 42.5 Å². The first-order valence-electron chi connectivity index (χ1n) is 6.81. The van der Waals surface area contributed by atoms with Crippen molar-refractivity contribution in [1.82, 2.24) is 15.0 Å². The van der Waals surface area contributed by atoms with Crippen LogP contribution >= 0.6 is 0 Å². The van der Waals surface area contributed by atoms with E-state index in [-0.39, 0.29) is 5.91 Å². The summed E-state index contributed by atoms with van der Waals surface area (Å²) in [4.78, 5) is 24.9. The number of fused-ring (bicyclic) bond motifs is 1. The quantitative estimate of drug-likeness (QED) is 0.907. The van der Waals surface area contributed by atoms with Crippen molar-refractivity contribution >= 4 is 11.7 Å². The number of aromatic nitrogens is 3. The van der Waals surface area contributed by atoms with Crippen molar-refractivity contribution in [3.8, 4) is 0 Å². The molecule has 0 aliphatic heterocycles. The van der Waals surface area contributed by atoms with Gasteiger partial charge in [-0.25, -0.2) is 15.0 Å². The largest absolute Gasteiger partial charge is 0.305 e. The molecule has 0 radical (unpaired) electrons. The molecular formula is C15H16N4O. The fourth-order valence-corrected chi connectivity index (χ4v) is 2.50. The van der Waals surface area contributed by atoms with Crippen molar-refractivity contribution in [2.24, 2.45) is 0 Å². The van der Waals surface area contributed by atoms with E-state index in [1.54, 1.807) is 6.20 Å². The molecule has 0 saturated carbocycles. The van der Waals surface area contributed by atoms with Crippen LogP contribution in [0.1, 0.15) is 40.2 Å². The molecule has 1 N–H and O–H groups in total. The van der Waals surface area contributed by atoms with Gasteiger partial charge in [-0.2, -0.15) is 0 Å². The van der Waals surface area contributed by atoms with E-state index in [1.807, 2.05) is 19.1 Å². The Bertz CT molecular complexity index is 654. The molecule has 20 heavy (non-hydrogen) atoms. The van der Waals surface area contributed by atoms with Gasteiger partial charge in [-0.05, 0) is 50.3 Å². The van der Waals surface area contributed by atoms with Crippen LogP contribution in [0, 0.1) is 6.92 Å². The second-order valence-corrected chi connectivity index (χ2v) is 5.03. The third-order valence-electron chi connectivity index (χ3n) is 3.50. The Balaban J connectivity index is 1.88. The lowest BCUT2D eigenvalue weighted by molar-refractivity contribution is 0.102. The van der Waals surface area contributed by atoms with Gasteiger partial charge >= 0.3 is 0 Å². The Morgan fingerprint density at radius 3 is 2.90 bits per heavy atom. The topological polar surface area (TPSA) is 67.8 Å². The lowest BCUT2D eigenvalue weighted by atomic mass is 9.94. The molecule has 3 rings (SSSR count). The van der Waals surface area contributed by atoms with Crippen molar-refractivity contribution in [2.45, 2.75) is 32.6 Å². The van der Waals surface area contributed by atoms with E-state index < -0.39 is 0 Å². The fraction of sp³-hybridized carbons (Fsp3) is 0.333. The molecule has 102 valence electrons. The highest BCUT2D eigenvalue weighted by Crippen LogP contribution is 2.21. The summed E-state index contributed by atoms with van der Waals surface area (Å²) in [5.41, 5.74) is 3.54. The van der Waals surface area contributed by atoms with Crippen LogP contribution in [0.25, 0.3) is 0 Å². The van der Waals surface area contributed by atoms with Crippen LogP contribution < -0.4 is 5.32 Å². The molecule has 2 aromatic rings. The molecule has 0 aromatic carbocycles. The molecule has 0 fully saturated rings. The summed E-state index contributed by atoms with van der Waals surface area (Å²) in [6, 6.07) is 3.73. The van der Waals surface area contributed by atoms with E-state index in [0.29, 0.717) is 11.5 Å². The number of carbonyl (C=O) groups is 1. The number of anilines is 1. The van der Waals surface area contributed by atoms with Gasteiger partial charge in [-0.3, -0.25) is 4.79 Å². The van der Waals surface area contributed by atoms with Gasteiger partial charge in [0.2, 0.25) is 0 Å². The number of pyridine rings is 1. The standard InChI is InChI=1S/C15H16N4O/c1-10-6-7-16-13(8-10)19-15(20)14-11-4-2-3-5-12(11)17-9-18-14/h6-9H,2-5H2,1H3,(H,16,19,20). The lowest BCUT2D eigenvalue weighted by Crippen LogP contribution is -2.20. The van der Waals surface area contributed by atoms with Crippen LogP contribution in [-0.2, 0) is 12.8 Å². The van der Waals surface area contributed by atoms with Crippen LogP contribution in [0.4, 0.5) is 5.82 Å². The zero-order chi connectivity index (χ0) is 13.9. The summed E-state index contributed by atoms with van der Waals surface area (Å²) in [6.45, 7) is 1.96. The molecule has 1 aliphatic rings. The maximum atomic E-state index is 12.4. The summed E-state index contributed by atoms with van der Waals surface area (Å²) < 4.78 is 0. The number of carbonyl (C=O) groups excluding carboxylic acids is 1. The average molecular weight is 268 g/mol. The Morgan fingerprint density at radius 2 is 2.05 bits per heavy atom. The predicted molar refractivity (Wildman–Crippen MR) is 75.6 cm³/mol. The Morgan fingerprint density at radius 1 is 1.20 bits per heavy atom. The third-order valence-corrected chi connectivity index (χ3v) is 3.50. The number of nitrogens with zero attached hydrogens (tertiary/aromatic N) is 3. The van der Waals surface area contributed by atoms with Crippen molar-refractivity contribution in [3.05, 3.63) is 47.2 Å². The molecular weight excluding hydrogens is 252 g/mol. The molecule has 5 nitrogen and oxygen atoms in total. The Hall–Kier alpha value is -2.30. The maximum Gasteiger partial charge on any atom is 0.275 e. The van der Waals surface area contributed by atoms with Gasteiger partial charge in [0.15, 0.2) is 0 Å². The van der Waals surface area contributed by atoms with Crippen LogP contribution in [0.2, 0.25) is 0 Å². The van der Waals surface area contributed by atoms with Crippen LogP contribution in [0.3, 0.4) is 0 Å². The molecule has 0 bridgehead atoms. The number of amides is 1. The zero-order valence-electron chi connectivity index (χ0n) is 11.4. The molecule has 1 amide bonds. The van der Waals surface area contributed by atoms with Gasteiger partial charge in [0.1, 0.15) is 17.8 Å². The first-order valence-corrected chi connectivity index (χ1v) is 6.81. The minimum Gasteiger partial charge on any atom is -0.305 e. The van der Waals surface area contributed by atoms with Gasteiger partial charge in [-0.15, -0.1) is 0 Å². The van der Waals surface area contributed by atoms with E-state index in [4.69, 9.17) is 0 Å². The molecule has 2 aromatic heterocycles. The lowest BCUT2D eigenvalue weighted by Gasteiger charge is -2.16. The molecule has 0 spiro atoms. The zero-order valence-corrected chi connectivity index (χ0v) is 11.4. The number of hydrogen-bond acceptors (Lipinski definition) is 4. The summed E-state index contributed by atoms with van der Waals surface area (Å²) in [5.74, 6) is 0.349. The monoisotopic (exact) mass is 268 g/mol. The van der Waals surface area contributed by atoms with Crippen LogP contribution in [-0.4, -0.2) is 20.9 Å². The Kier molecular flexibility index (Phi) is 3.41. The minimum absolute atomic E-state index is 0.205. The molecule has 2 heterocycles. The van der Waals surface area contributed by atoms with E-state index >= 15 is 0 Å². The molecule has 0 atom stereocenters. The number of nitrogens with one attached hydrogen (secondary N) is 1. The molecule has 0 saturated heterocycles. The average Bonchev–Trinajstić information content (AvgIpc) is 2.46. The van der Waals surface area contributed by atoms with Crippen molar-refractivity contribution < 1.29 is 4.79 Å². The summed E-state index contributed by atoms with van der Waals surface area (Å²) in [7, 11) is 0. The number of rotatable bonds is 2. The second-order valence-electron chi connectivity index (χ2n) is 5.03. The summed E-state index contributed by atoms with van der Waals surface area (Å²) in [6.07, 6.45) is 7.18. The van der Waals surface area contributed by atoms with Crippen molar-refractivity contribution in [1.29, 1.82) is 0 Å². The molecule has 1 aliphatic carbocycles. The highest BCUT2D eigenvalue weighted by molar-refractivity contribution is 6.03. The third kappa shape index (κ3) is 2.52. The van der Waals surface area contributed by atoms with Gasteiger partial charge < -0.3 is 5.32 Å². The number of hydrogen-bond donors (Lipinski definition) is 1.